The van der Waals surface area contributed by atoms with E-state index < -0.39 is 23.3 Å². The Morgan fingerprint density at radius 1 is 1.23 bits per heavy atom. The van der Waals surface area contributed by atoms with E-state index in [1.54, 1.807) is 0 Å². The van der Waals surface area contributed by atoms with Gasteiger partial charge in [0, 0.05) is 11.6 Å². The maximum absolute atomic E-state index is 12.9. The number of carboxylic acid groups (broad SMARTS) is 1. The predicted octanol–water partition coefficient (Wildman–Crippen LogP) is 3.96. The van der Waals surface area contributed by atoms with Crippen molar-refractivity contribution in [2.75, 3.05) is 0 Å². The van der Waals surface area contributed by atoms with Crippen LogP contribution < -0.4 is 0 Å². The number of rotatable bonds is 3. The number of furan rings is 1. The van der Waals surface area contributed by atoms with Crippen LogP contribution in [0.1, 0.15) is 11.3 Å². The molecule has 1 aromatic carbocycles. The molecule has 4 nitrogen and oxygen atoms in total. The van der Waals surface area contributed by atoms with Gasteiger partial charge in [0.2, 0.25) is 0 Å². The Morgan fingerprint density at radius 3 is 2.50 bits per heavy atom. The minimum Gasteiger partial charge on any atom is -0.477 e. The van der Waals surface area contributed by atoms with Gasteiger partial charge in [-0.3, -0.25) is 0 Å². The molecule has 0 aliphatic carbocycles. The van der Waals surface area contributed by atoms with Crippen molar-refractivity contribution in [3.05, 3.63) is 53.3 Å². The summed E-state index contributed by atoms with van der Waals surface area (Å²) in [5, 5.41) is 17.4. The fourth-order valence-electron chi connectivity index (χ4n) is 1.80. The molecular formula is C15H8F3NO3. The second-order valence-corrected chi connectivity index (χ2v) is 4.22. The van der Waals surface area contributed by atoms with Crippen molar-refractivity contribution < 1.29 is 27.5 Å². The Kier molecular flexibility index (Phi) is 4.04. The normalized spacial score (nSPS) is 12.0. The van der Waals surface area contributed by atoms with Crippen LogP contribution in [-0.4, -0.2) is 11.1 Å². The molecule has 0 unspecified atom stereocenters. The highest BCUT2D eigenvalue weighted by Gasteiger charge is 2.34. The Balaban J connectivity index is 2.47. The number of hydrogen-bond donors (Lipinski definition) is 1. The highest BCUT2D eigenvalue weighted by atomic mass is 19.4. The van der Waals surface area contributed by atoms with Crippen molar-refractivity contribution in [1.82, 2.24) is 0 Å². The molecule has 7 heteroatoms. The third-order valence-electron chi connectivity index (χ3n) is 2.76. The fourth-order valence-corrected chi connectivity index (χ4v) is 1.80. The van der Waals surface area contributed by atoms with Crippen LogP contribution in [-0.2, 0) is 11.0 Å². The lowest BCUT2D eigenvalue weighted by atomic mass is 10.1. The Bertz CT molecular complexity index is 782. The minimum atomic E-state index is -4.54. The van der Waals surface area contributed by atoms with Crippen LogP contribution in [0.5, 0.6) is 0 Å². The van der Waals surface area contributed by atoms with E-state index in [4.69, 9.17) is 14.8 Å². The number of halogens is 3. The van der Waals surface area contributed by atoms with Gasteiger partial charge in [-0.05, 0) is 18.2 Å². The summed E-state index contributed by atoms with van der Waals surface area (Å²) in [6, 6.07) is 8.89. The fraction of sp³-hybridized carbons (Fsp3) is 0.0667. The standard InChI is InChI=1S/C15H8F3NO3/c16-15(17,18)12-4-2-1-3-11(12)13-6-5-10(22-13)7-9(8-19)14(20)21/h1-7H,(H,20,21). The van der Waals surface area contributed by atoms with E-state index in [9.17, 15) is 18.0 Å². The Labute approximate surface area is 122 Å². The highest BCUT2D eigenvalue weighted by Crippen LogP contribution is 2.37. The molecule has 0 aliphatic heterocycles. The second kappa shape index (κ2) is 5.77. The van der Waals surface area contributed by atoms with Gasteiger partial charge in [0.05, 0.1) is 5.56 Å². The number of nitrogens with zero attached hydrogens (tertiary/aromatic N) is 1. The first kappa shape index (κ1) is 15.4. The summed E-state index contributed by atoms with van der Waals surface area (Å²) in [6.45, 7) is 0. The highest BCUT2D eigenvalue weighted by molar-refractivity contribution is 5.96. The van der Waals surface area contributed by atoms with E-state index in [-0.39, 0.29) is 17.1 Å². The predicted molar refractivity (Wildman–Crippen MR) is 70.4 cm³/mol. The lowest BCUT2D eigenvalue weighted by Crippen LogP contribution is -2.06. The molecule has 0 spiro atoms. The lowest BCUT2D eigenvalue weighted by molar-refractivity contribution is -0.137. The number of aliphatic carboxylic acids is 1. The molecule has 0 aliphatic rings. The van der Waals surface area contributed by atoms with Gasteiger partial charge in [0.15, 0.2) is 0 Å². The van der Waals surface area contributed by atoms with Crippen molar-refractivity contribution in [2.45, 2.75) is 6.18 Å². The average molecular weight is 307 g/mol. The SMILES string of the molecule is N#CC(=Cc1ccc(-c2ccccc2C(F)(F)F)o1)C(=O)O. The topological polar surface area (TPSA) is 74.2 Å². The third-order valence-corrected chi connectivity index (χ3v) is 2.76. The van der Waals surface area contributed by atoms with Gasteiger partial charge < -0.3 is 9.52 Å². The van der Waals surface area contributed by atoms with Gasteiger partial charge >= 0.3 is 12.1 Å². The summed E-state index contributed by atoms with van der Waals surface area (Å²) < 4.78 is 44.0. The number of benzene rings is 1. The number of carboxylic acids is 1. The zero-order chi connectivity index (χ0) is 16.3. The quantitative estimate of drug-likeness (QED) is 0.688. The Hall–Kier alpha value is -3.01. The van der Waals surface area contributed by atoms with Crippen molar-refractivity contribution in [3.8, 4) is 17.4 Å². The smallest absolute Gasteiger partial charge is 0.417 e. The van der Waals surface area contributed by atoms with Crippen molar-refractivity contribution in [1.29, 1.82) is 5.26 Å². The molecule has 0 saturated heterocycles. The van der Waals surface area contributed by atoms with Crippen LogP contribution in [0.4, 0.5) is 13.2 Å². The summed E-state index contributed by atoms with van der Waals surface area (Å²) >= 11 is 0. The molecule has 0 atom stereocenters. The molecule has 0 amide bonds. The molecule has 2 aromatic rings. The number of hydrogen-bond acceptors (Lipinski definition) is 3. The summed E-state index contributed by atoms with van der Waals surface area (Å²) in [6.07, 6.45) is -3.60. The maximum atomic E-state index is 12.9. The minimum absolute atomic E-state index is 0.0223. The average Bonchev–Trinajstić information content (AvgIpc) is 2.92. The molecule has 2 rings (SSSR count). The van der Waals surface area contributed by atoms with E-state index >= 15 is 0 Å². The van der Waals surface area contributed by atoms with E-state index in [0.29, 0.717) is 0 Å². The van der Waals surface area contributed by atoms with Crippen molar-refractivity contribution >= 4 is 12.0 Å². The van der Waals surface area contributed by atoms with Crippen LogP contribution in [0.3, 0.4) is 0 Å². The summed E-state index contributed by atoms with van der Waals surface area (Å²) in [5.41, 5.74) is -1.60. The van der Waals surface area contributed by atoms with Gasteiger partial charge in [-0.2, -0.15) is 18.4 Å². The molecule has 1 N–H and O–H groups in total. The van der Waals surface area contributed by atoms with Crippen LogP contribution in [0.15, 0.2) is 46.4 Å². The van der Waals surface area contributed by atoms with Gasteiger partial charge in [-0.1, -0.05) is 18.2 Å². The zero-order valence-electron chi connectivity index (χ0n) is 10.9. The van der Waals surface area contributed by atoms with Gasteiger partial charge in [-0.15, -0.1) is 0 Å². The lowest BCUT2D eigenvalue weighted by Gasteiger charge is -2.10. The van der Waals surface area contributed by atoms with E-state index in [2.05, 4.69) is 0 Å². The van der Waals surface area contributed by atoms with Crippen molar-refractivity contribution in [2.24, 2.45) is 0 Å². The second-order valence-electron chi connectivity index (χ2n) is 4.22. The summed E-state index contributed by atoms with van der Waals surface area (Å²) in [7, 11) is 0. The Morgan fingerprint density at radius 2 is 1.91 bits per heavy atom. The van der Waals surface area contributed by atoms with Gasteiger partial charge in [-0.25, -0.2) is 4.79 Å². The third kappa shape index (κ3) is 3.17. The molecule has 22 heavy (non-hydrogen) atoms. The van der Waals surface area contributed by atoms with Crippen LogP contribution in [0.25, 0.3) is 17.4 Å². The maximum Gasteiger partial charge on any atom is 0.417 e. The molecule has 1 heterocycles. The largest absolute Gasteiger partial charge is 0.477 e. The molecule has 0 saturated carbocycles. The van der Waals surface area contributed by atoms with Gasteiger partial charge in [0.1, 0.15) is 23.2 Å². The van der Waals surface area contributed by atoms with E-state index in [0.717, 1.165) is 12.1 Å². The number of carbonyl (C=O) groups is 1. The molecule has 0 bridgehead atoms. The van der Waals surface area contributed by atoms with Gasteiger partial charge in [0.25, 0.3) is 0 Å². The number of alkyl halides is 3. The van der Waals surface area contributed by atoms with Crippen LogP contribution in [0.2, 0.25) is 0 Å². The molecule has 1 aromatic heterocycles. The van der Waals surface area contributed by atoms with E-state index in [1.807, 2.05) is 0 Å². The van der Waals surface area contributed by atoms with Crippen molar-refractivity contribution in [3.63, 3.8) is 0 Å². The zero-order valence-corrected chi connectivity index (χ0v) is 10.9. The molecule has 112 valence electrons. The monoisotopic (exact) mass is 307 g/mol. The first-order valence-corrected chi connectivity index (χ1v) is 5.94. The molecular weight excluding hydrogens is 299 g/mol. The van der Waals surface area contributed by atoms with E-state index in [1.165, 1.54) is 36.4 Å². The van der Waals surface area contributed by atoms with Crippen LogP contribution in [0, 0.1) is 11.3 Å². The summed E-state index contributed by atoms with van der Waals surface area (Å²) in [5.74, 6) is -1.54. The number of nitriles is 1. The molecule has 0 radical (unpaired) electrons. The first-order valence-electron chi connectivity index (χ1n) is 5.94. The summed E-state index contributed by atoms with van der Waals surface area (Å²) in [4.78, 5) is 10.7. The van der Waals surface area contributed by atoms with Crippen LogP contribution >= 0.6 is 0 Å². The molecule has 0 fully saturated rings. The first-order chi connectivity index (χ1) is 10.3.